The molecule has 1 aliphatic rings. The van der Waals surface area contributed by atoms with Crippen molar-refractivity contribution in [2.75, 3.05) is 19.5 Å². The molecule has 184 valence electrons. The molecule has 3 N–H and O–H groups in total. The number of nitrogens with one attached hydrogen (secondary N) is 1. The topological polar surface area (TPSA) is 97.5 Å². The molecule has 4 atom stereocenters. The number of carbonyl (C=O) groups is 2. The Morgan fingerprint density at radius 3 is 2.44 bits per heavy atom. The lowest BCUT2D eigenvalue weighted by Crippen LogP contribution is -2.57. The molecule has 0 unspecified atom stereocenters. The zero-order valence-electron chi connectivity index (χ0n) is 18.7. The molecule has 0 saturated carbocycles. The molecular formula is C22H23F5N4O3. The second-order valence-electron chi connectivity index (χ2n) is 8.28. The maximum Gasteiger partial charge on any atom is 0.406 e. The van der Waals surface area contributed by atoms with Gasteiger partial charge in [0.25, 0.3) is 5.91 Å². The molecule has 34 heavy (non-hydrogen) atoms. The lowest BCUT2D eigenvalue weighted by atomic mass is 9.76. The van der Waals surface area contributed by atoms with Gasteiger partial charge in [0.1, 0.15) is 11.2 Å². The van der Waals surface area contributed by atoms with Gasteiger partial charge in [0.2, 0.25) is 11.7 Å². The van der Waals surface area contributed by atoms with E-state index in [1.54, 1.807) is 0 Å². The van der Waals surface area contributed by atoms with E-state index in [0.29, 0.717) is 0 Å². The van der Waals surface area contributed by atoms with Crippen molar-refractivity contribution >= 4 is 17.5 Å². The molecule has 2 heterocycles. The number of primary amides is 1. The van der Waals surface area contributed by atoms with E-state index in [1.165, 1.54) is 25.3 Å². The van der Waals surface area contributed by atoms with Gasteiger partial charge in [-0.25, -0.2) is 4.39 Å². The summed E-state index contributed by atoms with van der Waals surface area (Å²) in [5.74, 6) is -7.42. The van der Waals surface area contributed by atoms with Crippen molar-refractivity contribution in [3.8, 4) is 5.75 Å². The summed E-state index contributed by atoms with van der Waals surface area (Å²) in [4.78, 5) is 29.3. The van der Waals surface area contributed by atoms with E-state index in [4.69, 9.17) is 10.5 Å². The van der Waals surface area contributed by atoms with E-state index >= 15 is 0 Å². The Hall–Kier alpha value is -3.28. The molecule has 1 saturated heterocycles. The number of ether oxygens (including phenoxy) is 1. The molecule has 2 amide bonds. The Kier molecular flexibility index (Phi) is 6.57. The molecule has 1 aromatic carbocycles. The van der Waals surface area contributed by atoms with Crippen LogP contribution in [0, 0.1) is 17.6 Å². The first-order valence-electron chi connectivity index (χ1n) is 10.1. The van der Waals surface area contributed by atoms with Gasteiger partial charge in [-0.3, -0.25) is 19.5 Å². The summed E-state index contributed by atoms with van der Waals surface area (Å²) in [6.45, 7) is 2.24. The van der Waals surface area contributed by atoms with Crippen LogP contribution in [0.2, 0.25) is 0 Å². The minimum atomic E-state index is -4.77. The first-order chi connectivity index (χ1) is 15.8. The Labute approximate surface area is 192 Å². The van der Waals surface area contributed by atoms with Gasteiger partial charge in [0, 0.05) is 23.4 Å². The van der Waals surface area contributed by atoms with Crippen molar-refractivity contribution in [1.29, 1.82) is 0 Å². The number of likely N-dealkylation sites (N-methyl/N-ethyl adjacent to an activating group) is 1. The van der Waals surface area contributed by atoms with E-state index in [0.717, 1.165) is 38.1 Å². The maximum absolute atomic E-state index is 14.5. The van der Waals surface area contributed by atoms with Crippen LogP contribution < -0.4 is 15.8 Å². The van der Waals surface area contributed by atoms with E-state index in [2.05, 4.69) is 10.3 Å². The molecule has 0 aliphatic carbocycles. The number of nitrogens with two attached hydrogens (primary N) is 1. The molecule has 7 nitrogen and oxygen atoms in total. The molecule has 3 rings (SSSR count). The highest BCUT2D eigenvalue weighted by Crippen LogP contribution is 2.55. The van der Waals surface area contributed by atoms with Gasteiger partial charge in [0.05, 0.1) is 13.2 Å². The van der Waals surface area contributed by atoms with Crippen LogP contribution in [0.25, 0.3) is 0 Å². The molecule has 0 spiro atoms. The summed E-state index contributed by atoms with van der Waals surface area (Å²) in [5, 5.41) is 2.48. The van der Waals surface area contributed by atoms with Crippen LogP contribution in [0.5, 0.6) is 5.75 Å². The quantitative estimate of drug-likeness (QED) is 0.631. The van der Waals surface area contributed by atoms with Gasteiger partial charge in [0.15, 0.2) is 11.6 Å². The number of amides is 2. The van der Waals surface area contributed by atoms with Gasteiger partial charge >= 0.3 is 6.18 Å². The first kappa shape index (κ1) is 25.3. The molecule has 12 heteroatoms. The number of likely N-dealkylation sites (tertiary alicyclic amines) is 1. The van der Waals surface area contributed by atoms with E-state index in [1.807, 2.05) is 0 Å². The Morgan fingerprint density at radius 1 is 1.24 bits per heavy atom. The van der Waals surface area contributed by atoms with Gasteiger partial charge in [-0.15, -0.1) is 0 Å². The first-order valence-corrected chi connectivity index (χ1v) is 10.1. The van der Waals surface area contributed by atoms with Crippen molar-refractivity contribution in [3.05, 3.63) is 53.4 Å². The molecule has 0 bridgehead atoms. The normalized spacial score (nSPS) is 25.3. The van der Waals surface area contributed by atoms with Crippen LogP contribution in [-0.2, 0) is 4.79 Å². The van der Waals surface area contributed by atoms with E-state index < -0.39 is 58.8 Å². The third kappa shape index (κ3) is 3.95. The fourth-order valence-electron chi connectivity index (χ4n) is 4.59. The molecule has 1 aliphatic heterocycles. The lowest BCUT2D eigenvalue weighted by molar-refractivity contribution is -0.227. The van der Waals surface area contributed by atoms with Crippen LogP contribution in [0.3, 0.4) is 0 Å². The zero-order valence-corrected chi connectivity index (χ0v) is 18.7. The highest BCUT2D eigenvalue weighted by atomic mass is 19.4. The number of aromatic nitrogens is 1. The summed E-state index contributed by atoms with van der Waals surface area (Å²) >= 11 is 0. The highest BCUT2D eigenvalue weighted by Gasteiger charge is 2.67. The van der Waals surface area contributed by atoms with Crippen molar-refractivity contribution in [2.45, 2.75) is 37.5 Å². The standard InChI is InChI=1S/C22H23F5N4O3/c1-10-15(12-5-6-13(23)16(24)18(12)34-4)17(31(3)21(10,2)22(25,26)27)20(33)30-11-7-8-29-14(9-11)19(28)32/h5-10,15,17H,1-4H3,(H2,28,32)(H,29,30,33)/t10-,15-,17+,21+/m1/s1. The Bertz CT molecular complexity index is 1130. The minimum absolute atomic E-state index is 0.0754. The second kappa shape index (κ2) is 8.82. The number of carbonyl (C=O) groups excluding carboxylic acids is 2. The van der Waals surface area contributed by atoms with Gasteiger partial charge < -0.3 is 15.8 Å². The largest absolute Gasteiger partial charge is 0.493 e. The smallest absolute Gasteiger partial charge is 0.406 e. The predicted molar refractivity (Wildman–Crippen MR) is 112 cm³/mol. The number of pyridine rings is 1. The number of rotatable bonds is 5. The molecule has 1 aromatic heterocycles. The maximum atomic E-state index is 14.5. The molecule has 2 aromatic rings. The number of hydrogen-bond donors (Lipinski definition) is 2. The van der Waals surface area contributed by atoms with Crippen LogP contribution in [0.15, 0.2) is 30.5 Å². The van der Waals surface area contributed by atoms with Gasteiger partial charge in [-0.1, -0.05) is 13.0 Å². The average Bonchev–Trinajstić information content (AvgIpc) is 2.97. The Balaban J connectivity index is 2.14. The van der Waals surface area contributed by atoms with Crippen molar-refractivity contribution in [3.63, 3.8) is 0 Å². The van der Waals surface area contributed by atoms with Crippen LogP contribution >= 0.6 is 0 Å². The van der Waals surface area contributed by atoms with Crippen molar-refractivity contribution in [2.24, 2.45) is 11.7 Å². The molecule has 1 fully saturated rings. The highest BCUT2D eigenvalue weighted by molar-refractivity contribution is 5.98. The van der Waals surface area contributed by atoms with Crippen molar-refractivity contribution < 1.29 is 36.3 Å². The Morgan fingerprint density at radius 2 is 1.88 bits per heavy atom. The number of halogens is 5. The monoisotopic (exact) mass is 486 g/mol. The summed E-state index contributed by atoms with van der Waals surface area (Å²) in [6.07, 6.45) is -3.57. The van der Waals surface area contributed by atoms with Crippen LogP contribution in [0.1, 0.15) is 35.8 Å². The fraction of sp³-hybridized carbons (Fsp3) is 0.409. The number of benzene rings is 1. The third-order valence-corrected chi connectivity index (χ3v) is 6.68. The predicted octanol–water partition coefficient (Wildman–Crippen LogP) is 3.46. The minimum Gasteiger partial charge on any atom is -0.493 e. The molecule has 0 radical (unpaired) electrons. The number of hydrogen-bond acceptors (Lipinski definition) is 5. The fourth-order valence-corrected chi connectivity index (χ4v) is 4.59. The van der Waals surface area contributed by atoms with Crippen LogP contribution in [0.4, 0.5) is 27.6 Å². The number of alkyl halides is 3. The second-order valence-corrected chi connectivity index (χ2v) is 8.28. The van der Waals surface area contributed by atoms with Gasteiger partial charge in [-0.2, -0.15) is 17.6 Å². The molecular weight excluding hydrogens is 463 g/mol. The van der Waals surface area contributed by atoms with Crippen molar-refractivity contribution in [1.82, 2.24) is 9.88 Å². The number of nitrogens with zero attached hydrogens (tertiary/aromatic N) is 2. The third-order valence-electron chi connectivity index (χ3n) is 6.68. The van der Waals surface area contributed by atoms with Gasteiger partial charge in [-0.05, 0) is 38.1 Å². The summed E-state index contributed by atoms with van der Waals surface area (Å²) < 4.78 is 76.1. The summed E-state index contributed by atoms with van der Waals surface area (Å²) in [6, 6.07) is 2.94. The van der Waals surface area contributed by atoms with Crippen LogP contribution in [-0.4, -0.2) is 53.6 Å². The summed E-state index contributed by atoms with van der Waals surface area (Å²) in [7, 11) is 2.20. The zero-order chi connectivity index (χ0) is 25.6. The average molecular weight is 486 g/mol. The summed E-state index contributed by atoms with van der Waals surface area (Å²) in [5.41, 5.74) is 2.53. The number of methoxy groups -OCH3 is 1. The van der Waals surface area contributed by atoms with E-state index in [9.17, 15) is 31.5 Å². The SMILES string of the molecule is COc1c([C@@H]2[C@@H](C(=O)Nc3ccnc(C(N)=O)c3)N(C)[C@](C)(C(F)(F)F)[C@@H]2C)ccc(F)c1F. The lowest BCUT2D eigenvalue weighted by Gasteiger charge is -2.38. The van der Waals surface area contributed by atoms with E-state index in [-0.39, 0.29) is 16.9 Å². The number of anilines is 1.